The molecule has 6 nitrogen and oxygen atoms in total. The molecule has 36 heavy (non-hydrogen) atoms. The van der Waals surface area contributed by atoms with Crippen LogP contribution in [-0.2, 0) is 24.0 Å². The third kappa shape index (κ3) is 5.89. The molecule has 2 heterocycles. The van der Waals surface area contributed by atoms with Crippen LogP contribution in [0.2, 0.25) is 0 Å². The Morgan fingerprint density at radius 2 is 1.78 bits per heavy atom. The number of aliphatic hydroxyl groups is 1. The highest BCUT2D eigenvalue weighted by Crippen LogP contribution is 2.33. The Balaban J connectivity index is 1.52. The van der Waals surface area contributed by atoms with Crippen molar-refractivity contribution in [3.05, 3.63) is 77.1 Å². The Labute approximate surface area is 207 Å². The van der Waals surface area contributed by atoms with E-state index in [0.29, 0.717) is 55.3 Å². The first kappa shape index (κ1) is 25.3. The van der Waals surface area contributed by atoms with Crippen molar-refractivity contribution < 1.29 is 23.1 Å². The second kappa shape index (κ2) is 10.9. The number of carbonyl (C=O) groups excluding carboxylic acids is 1. The summed E-state index contributed by atoms with van der Waals surface area (Å²) in [6, 6.07) is 16.7. The molecule has 1 saturated heterocycles. The molecule has 1 fully saturated rings. The molecule has 0 spiro atoms. The molecular weight excluding hydrogens is 469 g/mol. The minimum atomic E-state index is -4.74. The van der Waals surface area contributed by atoms with Gasteiger partial charge < -0.3 is 10.0 Å². The molecule has 9 heteroatoms. The lowest BCUT2D eigenvalue weighted by atomic mass is 10.0. The van der Waals surface area contributed by atoms with Gasteiger partial charge in [-0.05, 0) is 48.9 Å². The number of nitriles is 1. The molecule has 0 bridgehead atoms. The number of alkyl halides is 3. The fourth-order valence-corrected chi connectivity index (χ4v) is 4.39. The number of aliphatic hydroxyl groups excluding tert-OH is 1. The molecule has 0 unspecified atom stereocenters. The Morgan fingerprint density at radius 1 is 1.08 bits per heavy atom. The van der Waals surface area contributed by atoms with Gasteiger partial charge in [-0.1, -0.05) is 36.4 Å². The van der Waals surface area contributed by atoms with Crippen LogP contribution in [0.3, 0.4) is 0 Å². The van der Waals surface area contributed by atoms with Crippen LogP contribution in [0, 0.1) is 11.3 Å². The zero-order valence-corrected chi connectivity index (χ0v) is 19.5. The van der Waals surface area contributed by atoms with E-state index < -0.39 is 18.0 Å². The first-order chi connectivity index (χ1) is 17.3. The van der Waals surface area contributed by atoms with Gasteiger partial charge in [-0.15, -0.1) is 0 Å². The summed E-state index contributed by atoms with van der Waals surface area (Å²) in [4.78, 5) is 22.2. The highest BCUT2D eigenvalue weighted by Gasteiger charge is 2.38. The summed E-state index contributed by atoms with van der Waals surface area (Å²) < 4.78 is 40.9. The third-order valence-corrected chi connectivity index (χ3v) is 6.29. The molecular formula is C27H25F3N4O2. The number of rotatable bonds is 8. The van der Waals surface area contributed by atoms with E-state index >= 15 is 0 Å². The predicted molar refractivity (Wildman–Crippen MR) is 128 cm³/mol. The van der Waals surface area contributed by atoms with Gasteiger partial charge in [-0.2, -0.15) is 18.4 Å². The highest BCUT2D eigenvalue weighted by molar-refractivity contribution is 5.87. The van der Waals surface area contributed by atoms with E-state index in [1.54, 1.807) is 41.3 Å². The lowest BCUT2D eigenvalue weighted by molar-refractivity contribution is -0.144. The summed E-state index contributed by atoms with van der Waals surface area (Å²) >= 11 is 0. The molecule has 3 aromatic rings. The molecule has 0 amide bonds. The summed E-state index contributed by atoms with van der Waals surface area (Å²) in [5.74, 6) is -1.19. The summed E-state index contributed by atoms with van der Waals surface area (Å²) in [6.07, 6.45) is -1.93. The van der Waals surface area contributed by atoms with Crippen molar-refractivity contribution in [1.82, 2.24) is 9.97 Å². The van der Waals surface area contributed by atoms with Crippen molar-refractivity contribution >= 4 is 11.6 Å². The maximum Gasteiger partial charge on any atom is 0.451 e. The topological polar surface area (TPSA) is 90.1 Å². The molecule has 1 aliphatic heterocycles. The number of halogens is 3. The largest absolute Gasteiger partial charge is 0.451 e. The number of hydrogen-bond donors (Lipinski definition) is 1. The van der Waals surface area contributed by atoms with Gasteiger partial charge in [0.2, 0.25) is 5.82 Å². The van der Waals surface area contributed by atoms with Gasteiger partial charge in [0.1, 0.15) is 5.82 Å². The van der Waals surface area contributed by atoms with Gasteiger partial charge in [0, 0.05) is 24.6 Å². The van der Waals surface area contributed by atoms with Crippen LogP contribution in [0.4, 0.5) is 19.0 Å². The quantitative estimate of drug-likeness (QED) is 0.469. The maximum atomic E-state index is 13.6. The Hall–Kier alpha value is -3.77. The average Bonchev–Trinajstić information content (AvgIpc) is 3.39. The van der Waals surface area contributed by atoms with Crippen molar-refractivity contribution in [2.24, 2.45) is 0 Å². The number of aryl methyl sites for hydroxylation is 1. The van der Waals surface area contributed by atoms with Crippen LogP contribution in [0.15, 0.2) is 54.6 Å². The van der Waals surface area contributed by atoms with E-state index in [9.17, 15) is 23.1 Å². The minimum Gasteiger partial charge on any atom is -0.392 e. The summed E-state index contributed by atoms with van der Waals surface area (Å²) in [5, 5.41) is 18.1. The van der Waals surface area contributed by atoms with E-state index in [4.69, 9.17) is 5.26 Å². The molecule has 1 N–H and O–H groups in total. The van der Waals surface area contributed by atoms with Gasteiger partial charge in [0.05, 0.1) is 30.0 Å². The summed E-state index contributed by atoms with van der Waals surface area (Å²) in [5.41, 5.74) is 2.80. The van der Waals surface area contributed by atoms with Crippen LogP contribution in [0.1, 0.15) is 48.2 Å². The molecule has 0 saturated carbocycles. The van der Waals surface area contributed by atoms with Gasteiger partial charge in [0.15, 0.2) is 5.78 Å². The second-order valence-electron chi connectivity index (χ2n) is 8.77. The lowest BCUT2D eigenvalue weighted by Crippen LogP contribution is -2.37. The molecule has 1 aliphatic rings. The molecule has 2 aromatic carbocycles. The van der Waals surface area contributed by atoms with Gasteiger partial charge >= 0.3 is 6.18 Å². The molecule has 1 aromatic heterocycles. The lowest BCUT2D eigenvalue weighted by Gasteiger charge is -2.26. The Bertz CT molecular complexity index is 1250. The first-order valence-electron chi connectivity index (χ1n) is 11.7. The van der Waals surface area contributed by atoms with Gasteiger partial charge in [0.25, 0.3) is 0 Å². The summed E-state index contributed by atoms with van der Waals surface area (Å²) in [6.45, 7) is 0.259. The summed E-state index contributed by atoms with van der Waals surface area (Å²) in [7, 11) is 0. The van der Waals surface area contributed by atoms with Gasteiger partial charge in [-0.3, -0.25) is 4.79 Å². The number of aromatic nitrogens is 2. The van der Waals surface area contributed by atoms with E-state index in [1.807, 2.05) is 12.1 Å². The van der Waals surface area contributed by atoms with Crippen molar-refractivity contribution in [3.63, 3.8) is 0 Å². The van der Waals surface area contributed by atoms with Crippen LogP contribution >= 0.6 is 0 Å². The van der Waals surface area contributed by atoms with Crippen LogP contribution in [0.25, 0.3) is 11.3 Å². The average molecular weight is 495 g/mol. The monoisotopic (exact) mass is 494 g/mol. The van der Waals surface area contributed by atoms with E-state index in [1.165, 1.54) is 6.07 Å². The van der Waals surface area contributed by atoms with Gasteiger partial charge in [-0.25, -0.2) is 9.97 Å². The maximum absolute atomic E-state index is 13.6. The van der Waals surface area contributed by atoms with Crippen molar-refractivity contribution in [3.8, 4) is 17.3 Å². The number of hydrogen-bond acceptors (Lipinski definition) is 6. The predicted octanol–water partition coefficient (Wildman–Crippen LogP) is 5.09. The zero-order valence-electron chi connectivity index (χ0n) is 19.5. The highest BCUT2D eigenvalue weighted by atomic mass is 19.4. The molecule has 0 aliphatic carbocycles. The number of Topliss-reactive ketones (excluding diaryl/α,β-unsaturated/α-hetero) is 1. The van der Waals surface area contributed by atoms with Crippen molar-refractivity contribution in [2.45, 2.75) is 50.9 Å². The SMILES string of the molecule is N#Cc1ccc(CCCC(=O)[C@@H]2CCCN2c2cc(-c3ccc(CO)cc3)nc(C(F)(F)F)n2)cc1. The fourth-order valence-electron chi connectivity index (χ4n) is 4.39. The third-order valence-electron chi connectivity index (χ3n) is 6.29. The normalized spacial score (nSPS) is 15.6. The van der Waals surface area contributed by atoms with Crippen molar-refractivity contribution in [1.29, 1.82) is 5.26 Å². The number of nitrogens with zero attached hydrogens (tertiary/aromatic N) is 4. The van der Waals surface area contributed by atoms with E-state index in [2.05, 4.69) is 16.0 Å². The molecule has 4 rings (SSSR count). The standard InChI is InChI=1S/C27H25F3N4O2/c28-27(29,30)26-32-22(21-12-10-20(17-35)11-13-21)15-25(33-26)34-14-2-4-23(34)24(36)5-1-3-18-6-8-19(16-31)9-7-18/h6-13,15,23,35H,1-5,14,17H2/t23-/m0/s1. The number of carbonyl (C=O) groups is 1. The Kier molecular flexibility index (Phi) is 7.65. The fraction of sp³-hybridized carbons (Fsp3) is 0.333. The molecule has 1 atom stereocenters. The number of ketones is 1. The van der Waals surface area contributed by atoms with E-state index in [0.717, 1.165) is 5.56 Å². The molecule has 186 valence electrons. The number of anilines is 1. The number of benzene rings is 2. The molecule has 0 radical (unpaired) electrons. The first-order valence-corrected chi connectivity index (χ1v) is 11.7. The van der Waals surface area contributed by atoms with Crippen LogP contribution in [-0.4, -0.2) is 33.4 Å². The van der Waals surface area contributed by atoms with Crippen LogP contribution in [0.5, 0.6) is 0 Å². The smallest absolute Gasteiger partial charge is 0.392 e. The second-order valence-corrected chi connectivity index (χ2v) is 8.77. The van der Waals surface area contributed by atoms with Crippen molar-refractivity contribution in [2.75, 3.05) is 11.4 Å². The zero-order chi connectivity index (χ0) is 25.7. The van der Waals surface area contributed by atoms with Crippen LogP contribution < -0.4 is 4.90 Å². The minimum absolute atomic E-state index is 0.0258. The van der Waals surface area contributed by atoms with E-state index in [-0.39, 0.29) is 23.9 Å². The Morgan fingerprint density at radius 3 is 2.42 bits per heavy atom.